The Morgan fingerprint density at radius 3 is 2.09 bits per heavy atom. The highest BCUT2D eigenvalue weighted by Gasteiger charge is 2.72. The second kappa shape index (κ2) is 1.53. The Labute approximate surface area is 69.4 Å². The summed E-state index contributed by atoms with van der Waals surface area (Å²) in [5, 5.41) is 0. The number of fused-ring (bicyclic) bond motifs is 1. The van der Waals surface area contributed by atoms with Crippen molar-refractivity contribution in [2.24, 2.45) is 35.0 Å². The Bertz CT molecular complexity index is 208. The molecule has 3 aliphatic carbocycles. The van der Waals surface area contributed by atoms with Crippen molar-refractivity contribution >= 4 is 0 Å². The number of hydrogen-bond donors (Lipinski definition) is 0. The largest absolute Gasteiger partial charge is 0.0622 e. The quantitative estimate of drug-likeness (QED) is 0.539. The van der Waals surface area contributed by atoms with Crippen molar-refractivity contribution in [2.45, 2.75) is 33.6 Å². The standard InChI is InChI=1S/C11H18/c1-6-4-8(6)9-5-11(3)7(2)10(9)11/h6-10H,4-5H2,1-3H3. The first-order valence-corrected chi connectivity index (χ1v) is 5.14. The highest BCUT2D eigenvalue weighted by Crippen LogP contribution is 2.78. The smallest absolute Gasteiger partial charge is 0.0261 e. The van der Waals surface area contributed by atoms with Gasteiger partial charge in [0.25, 0.3) is 0 Å². The molecule has 3 fully saturated rings. The zero-order valence-electron chi connectivity index (χ0n) is 7.80. The summed E-state index contributed by atoms with van der Waals surface area (Å²) in [6.45, 7) is 7.37. The molecule has 0 aliphatic heterocycles. The lowest BCUT2D eigenvalue weighted by Gasteiger charge is -2.32. The zero-order valence-corrected chi connectivity index (χ0v) is 7.80. The van der Waals surface area contributed by atoms with E-state index in [-0.39, 0.29) is 0 Å². The lowest BCUT2D eigenvalue weighted by molar-refractivity contribution is 0.166. The fraction of sp³-hybridized carbons (Fsp3) is 1.00. The van der Waals surface area contributed by atoms with Gasteiger partial charge in [-0.1, -0.05) is 20.8 Å². The van der Waals surface area contributed by atoms with E-state index >= 15 is 0 Å². The first kappa shape index (κ1) is 6.51. The van der Waals surface area contributed by atoms with Gasteiger partial charge in [0.1, 0.15) is 0 Å². The van der Waals surface area contributed by atoms with Gasteiger partial charge in [0.2, 0.25) is 0 Å². The van der Waals surface area contributed by atoms with Crippen LogP contribution in [0.2, 0.25) is 0 Å². The summed E-state index contributed by atoms with van der Waals surface area (Å²) in [7, 11) is 0. The van der Waals surface area contributed by atoms with Crippen LogP contribution in [-0.2, 0) is 0 Å². The van der Waals surface area contributed by atoms with Crippen molar-refractivity contribution in [3.63, 3.8) is 0 Å². The maximum atomic E-state index is 2.49. The van der Waals surface area contributed by atoms with Crippen LogP contribution < -0.4 is 0 Å². The van der Waals surface area contributed by atoms with E-state index in [9.17, 15) is 0 Å². The monoisotopic (exact) mass is 150 g/mol. The fourth-order valence-electron chi connectivity index (χ4n) is 3.86. The van der Waals surface area contributed by atoms with Crippen LogP contribution in [-0.4, -0.2) is 0 Å². The lowest BCUT2D eigenvalue weighted by Crippen LogP contribution is -2.25. The molecule has 6 atom stereocenters. The van der Waals surface area contributed by atoms with Crippen LogP contribution in [0.25, 0.3) is 0 Å². The van der Waals surface area contributed by atoms with Gasteiger partial charge < -0.3 is 0 Å². The molecular formula is C11H18. The predicted octanol–water partition coefficient (Wildman–Crippen LogP) is 2.93. The molecule has 6 unspecified atom stereocenters. The molecule has 11 heavy (non-hydrogen) atoms. The molecule has 0 radical (unpaired) electrons. The van der Waals surface area contributed by atoms with Gasteiger partial charge in [-0.3, -0.25) is 0 Å². The minimum atomic E-state index is 0.826. The molecule has 0 aromatic heterocycles. The number of hydrogen-bond acceptors (Lipinski definition) is 0. The van der Waals surface area contributed by atoms with Gasteiger partial charge in [-0.2, -0.15) is 0 Å². The Kier molecular flexibility index (Phi) is 0.906. The van der Waals surface area contributed by atoms with Gasteiger partial charge in [-0.15, -0.1) is 0 Å². The summed E-state index contributed by atoms with van der Waals surface area (Å²) in [5.41, 5.74) is 0.826. The summed E-state index contributed by atoms with van der Waals surface area (Å²) >= 11 is 0. The zero-order chi connectivity index (χ0) is 7.80. The molecule has 0 nitrogen and oxygen atoms in total. The van der Waals surface area contributed by atoms with E-state index in [0.717, 1.165) is 35.0 Å². The topological polar surface area (TPSA) is 0 Å². The van der Waals surface area contributed by atoms with Crippen LogP contribution >= 0.6 is 0 Å². The third kappa shape index (κ3) is 0.588. The van der Waals surface area contributed by atoms with Crippen LogP contribution in [0.4, 0.5) is 0 Å². The van der Waals surface area contributed by atoms with Gasteiger partial charge in [0.15, 0.2) is 0 Å². The average Bonchev–Trinajstić information content (AvgIpc) is 2.69. The van der Waals surface area contributed by atoms with Crippen molar-refractivity contribution in [3.05, 3.63) is 0 Å². The first-order valence-electron chi connectivity index (χ1n) is 5.14. The van der Waals surface area contributed by atoms with Crippen molar-refractivity contribution in [3.8, 4) is 0 Å². The van der Waals surface area contributed by atoms with Gasteiger partial charge in [0.05, 0.1) is 0 Å². The van der Waals surface area contributed by atoms with Crippen molar-refractivity contribution in [2.75, 3.05) is 0 Å². The molecule has 62 valence electrons. The van der Waals surface area contributed by atoms with Crippen molar-refractivity contribution in [1.82, 2.24) is 0 Å². The van der Waals surface area contributed by atoms with Crippen molar-refractivity contribution in [1.29, 1.82) is 0 Å². The summed E-state index contributed by atoms with van der Waals surface area (Å²) in [6.07, 6.45) is 3.11. The van der Waals surface area contributed by atoms with Crippen LogP contribution in [0.1, 0.15) is 33.6 Å². The molecule has 0 saturated heterocycles. The maximum absolute atomic E-state index is 2.49. The first-order chi connectivity index (χ1) is 5.14. The van der Waals surface area contributed by atoms with Gasteiger partial charge in [0, 0.05) is 0 Å². The van der Waals surface area contributed by atoms with Gasteiger partial charge in [-0.05, 0) is 47.8 Å². The van der Waals surface area contributed by atoms with Gasteiger partial charge in [-0.25, -0.2) is 0 Å². The van der Waals surface area contributed by atoms with E-state index < -0.39 is 0 Å². The second-order valence-corrected chi connectivity index (χ2v) is 5.57. The van der Waals surface area contributed by atoms with Crippen LogP contribution in [0, 0.1) is 35.0 Å². The average molecular weight is 150 g/mol. The Morgan fingerprint density at radius 1 is 1.18 bits per heavy atom. The molecule has 3 saturated carbocycles. The molecule has 3 aliphatic rings. The van der Waals surface area contributed by atoms with Crippen LogP contribution in [0.5, 0.6) is 0 Å². The van der Waals surface area contributed by atoms with Crippen LogP contribution in [0.3, 0.4) is 0 Å². The van der Waals surface area contributed by atoms with E-state index in [1.54, 1.807) is 12.8 Å². The third-order valence-electron chi connectivity index (χ3n) is 5.09. The molecule has 0 heterocycles. The molecule has 0 aromatic rings. The summed E-state index contributed by atoms with van der Waals surface area (Å²) in [5.74, 6) is 5.61. The molecule has 0 heteroatoms. The number of rotatable bonds is 1. The molecule has 0 spiro atoms. The lowest BCUT2D eigenvalue weighted by atomic mass is 9.73. The van der Waals surface area contributed by atoms with Gasteiger partial charge >= 0.3 is 0 Å². The fourth-order valence-corrected chi connectivity index (χ4v) is 3.86. The molecular weight excluding hydrogens is 132 g/mol. The molecule has 0 amide bonds. The van der Waals surface area contributed by atoms with E-state index in [0.29, 0.717) is 0 Å². The van der Waals surface area contributed by atoms with E-state index in [2.05, 4.69) is 20.8 Å². The predicted molar refractivity (Wildman–Crippen MR) is 46.1 cm³/mol. The Hall–Kier alpha value is 0. The highest BCUT2D eigenvalue weighted by molar-refractivity contribution is 5.20. The van der Waals surface area contributed by atoms with E-state index in [4.69, 9.17) is 0 Å². The Balaban J connectivity index is 1.70. The highest BCUT2D eigenvalue weighted by atomic mass is 14.8. The summed E-state index contributed by atoms with van der Waals surface area (Å²) in [4.78, 5) is 0. The van der Waals surface area contributed by atoms with E-state index in [1.807, 2.05) is 0 Å². The van der Waals surface area contributed by atoms with E-state index in [1.165, 1.54) is 0 Å². The molecule has 0 aromatic carbocycles. The maximum Gasteiger partial charge on any atom is -0.0261 e. The molecule has 3 rings (SSSR count). The third-order valence-corrected chi connectivity index (χ3v) is 5.09. The van der Waals surface area contributed by atoms with Crippen LogP contribution in [0.15, 0.2) is 0 Å². The Morgan fingerprint density at radius 2 is 1.82 bits per heavy atom. The van der Waals surface area contributed by atoms with Crippen molar-refractivity contribution < 1.29 is 0 Å². The summed E-state index contributed by atoms with van der Waals surface area (Å²) < 4.78 is 0. The second-order valence-electron chi connectivity index (χ2n) is 5.57. The molecule has 0 bridgehead atoms. The molecule has 0 N–H and O–H groups in total. The minimum absolute atomic E-state index is 0.826. The minimum Gasteiger partial charge on any atom is -0.0622 e. The normalized spacial score (nSPS) is 71.7. The SMILES string of the molecule is CC1CC1C1CC2(C)C(C)C12. The summed E-state index contributed by atoms with van der Waals surface area (Å²) in [6, 6.07) is 0.